The normalized spacial score (nSPS) is 20.6. The van der Waals surface area contributed by atoms with Gasteiger partial charge in [0.25, 0.3) is 5.56 Å². The summed E-state index contributed by atoms with van der Waals surface area (Å²) in [6, 6.07) is 12.3. The summed E-state index contributed by atoms with van der Waals surface area (Å²) in [6.45, 7) is 5.71. The molecule has 1 aromatic heterocycles. The number of piperidine rings is 3. The molecule has 3 aliphatic heterocycles. The number of nitrogens with zero attached hydrogens (tertiary/aromatic N) is 6. The molecule has 4 fully saturated rings. The molecule has 1 saturated carbocycles. The number of aromatic nitrogens is 2. The average molecular weight is 947 g/mol. The number of halogens is 3. The molecule has 332 valence electrons. The Morgan fingerprint density at radius 3 is 2.54 bits per heavy atom. The lowest BCUT2D eigenvalue weighted by Gasteiger charge is -2.40. The maximum Gasteiger partial charge on any atom is 0.262 e. The van der Waals surface area contributed by atoms with Crippen molar-refractivity contribution in [3.8, 4) is 17.6 Å². The SMILES string of the molecule is CCN(C)SNc1ccc(F)c(Oc2ccc3ncn(C4CCC5(CCN(C(=O)CN6CCC(c7ccc(NC8CCC(=O)NC8=O)cc7F)CC6)CC5)C4)c(=O)c3c2Br)c1C#N. The summed E-state index contributed by atoms with van der Waals surface area (Å²) < 4.78 is 43.5. The van der Waals surface area contributed by atoms with Crippen LogP contribution in [0.2, 0.25) is 0 Å². The average Bonchev–Trinajstić information content (AvgIpc) is 3.68. The summed E-state index contributed by atoms with van der Waals surface area (Å²) in [5.74, 6) is -1.70. The van der Waals surface area contributed by atoms with E-state index in [0.717, 1.165) is 51.5 Å². The zero-order valence-corrected chi connectivity index (χ0v) is 37.6. The Labute approximate surface area is 377 Å². The zero-order valence-electron chi connectivity index (χ0n) is 35.2. The molecule has 8 rings (SSSR count). The number of carbonyl (C=O) groups excluding carboxylic acids is 3. The van der Waals surface area contributed by atoms with Crippen LogP contribution in [-0.4, -0.2) is 93.7 Å². The molecule has 14 nitrogen and oxygen atoms in total. The van der Waals surface area contributed by atoms with Gasteiger partial charge in [-0.15, -0.1) is 0 Å². The molecule has 1 aliphatic carbocycles. The first-order valence-electron chi connectivity index (χ1n) is 21.5. The fourth-order valence-corrected chi connectivity index (χ4v) is 10.6. The molecule has 3 N–H and O–H groups in total. The standard InChI is InChI=1S/C45H50BrF2N9O5S/c1-3-54(2)63-53-34-7-6-32(47)42(31(34)24-49)62-37-10-8-35-40(41(37)46)44(61)57(26-50-35)29-12-15-45(23-29)16-20-56(21-17-45)39(59)25-55-18-13-27(14-19-55)30-5-4-28(22-33(30)48)51-36-9-11-38(58)52-43(36)60/h4-8,10,22,26-27,29,36,51,53H,3,9,11-21,23,25H2,1-2H3,(H,52,58,60). The third kappa shape index (κ3) is 9.57. The number of nitrogens with one attached hydrogen (secondary N) is 3. The maximum absolute atomic E-state index is 15.3. The molecule has 1 spiro atoms. The fourth-order valence-electron chi connectivity index (χ4n) is 9.43. The van der Waals surface area contributed by atoms with E-state index < -0.39 is 17.8 Å². The van der Waals surface area contributed by atoms with E-state index in [1.54, 1.807) is 35.2 Å². The van der Waals surface area contributed by atoms with Crippen LogP contribution in [0.5, 0.6) is 11.5 Å². The first-order chi connectivity index (χ1) is 30.3. The minimum absolute atomic E-state index is 0.00187. The lowest BCUT2D eigenvalue weighted by molar-refractivity contribution is -0.135. The van der Waals surface area contributed by atoms with Crippen molar-refractivity contribution in [2.75, 3.05) is 56.4 Å². The van der Waals surface area contributed by atoms with Crippen LogP contribution >= 0.6 is 28.1 Å². The highest BCUT2D eigenvalue weighted by molar-refractivity contribution is 9.10. The second-order valence-corrected chi connectivity index (χ2v) is 18.9. The molecule has 4 aromatic rings. The van der Waals surface area contributed by atoms with E-state index in [1.165, 1.54) is 30.3 Å². The Hall–Kier alpha value is -5.09. The van der Waals surface area contributed by atoms with E-state index in [-0.39, 0.29) is 64.0 Å². The number of amides is 3. The second-order valence-electron chi connectivity index (χ2n) is 17.1. The number of carbonyl (C=O) groups is 3. The van der Waals surface area contributed by atoms with Gasteiger partial charge in [-0.3, -0.25) is 34.0 Å². The van der Waals surface area contributed by atoms with Crippen LogP contribution in [0.4, 0.5) is 20.2 Å². The van der Waals surface area contributed by atoms with E-state index >= 15 is 8.78 Å². The number of hydrogen-bond donors (Lipinski definition) is 3. The predicted octanol–water partition coefficient (Wildman–Crippen LogP) is 7.46. The molecule has 0 bridgehead atoms. The second kappa shape index (κ2) is 18.9. The third-order valence-electron chi connectivity index (χ3n) is 13.3. The summed E-state index contributed by atoms with van der Waals surface area (Å²) in [6.07, 6.45) is 7.86. The smallest absolute Gasteiger partial charge is 0.262 e. The molecular weight excluding hydrogens is 897 g/mol. The number of likely N-dealkylation sites (tertiary alicyclic amines) is 2. The minimum Gasteiger partial charge on any atom is -0.452 e. The first-order valence-corrected chi connectivity index (χ1v) is 23.1. The van der Waals surface area contributed by atoms with Crippen LogP contribution < -0.4 is 25.7 Å². The molecule has 2 unspecified atom stereocenters. The van der Waals surface area contributed by atoms with Crippen molar-refractivity contribution in [1.29, 1.82) is 5.26 Å². The van der Waals surface area contributed by atoms with Crippen LogP contribution in [0.15, 0.2) is 58.1 Å². The minimum atomic E-state index is -0.716. The van der Waals surface area contributed by atoms with Gasteiger partial charge in [-0.2, -0.15) is 5.26 Å². The quantitative estimate of drug-likeness (QED) is 0.0951. The summed E-state index contributed by atoms with van der Waals surface area (Å²) in [7, 11) is 1.88. The number of benzene rings is 3. The van der Waals surface area contributed by atoms with Gasteiger partial charge in [0.2, 0.25) is 17.7 Å². The monoisotopic (exact) mass is 945 g/mol. The van der Waals surface area contributed by atoms with E-state index in [0.29, 0.717) is 71.5 Å². The van der Waals surface area contributed by atoms with Crippen molar-refractivity contribution >= 4 is 68.1 Å². The van der Waals surface area contributed by atoms with Gasteiger partial charge < -0.3 is 19.7 Å². The van der Waals surface area contributed by atoms with Crippen LogP contribution in [0.3, 0.4) is 0 Å². The summed E-state index contributed by atoms with van der Waals surface area (Å²) in [5.41, 5.74) is 1.73. The number of ether oxygens (including phenoxy) is 1. The first kappa shape index (κ1) is 44.5. The molecule has 2 atom stereocenters. The van der Waals surface area contributed by atoms with Crippen LogP contribution in [0, 0.1) is 28.4 Å². The number of hydrogen-bond acceptors (Lipinski definition) is 12. The van der Waals surface area contributed by atoms with Gasteiger partial charge in [-0.05, 0) is 141 Å². The molecule has 18 heteroatoms. The van der Waals surface area contributed by atoms with Gasteiger partial charge in [0.15, 0.2) is 11.6 Å². The largest absolute Gasteiger partial charge is 0.452 e. The Morgan fingerprint density at radius 2 is 1.83 bits per heavy atom. The topological polar surface area (TPSA) is 165 Å². The third-order valence-corrected chi connectivity index (χ3v) is 14.9. The molecule has 3 aromatic carbocycles. The van der Waals surface area contributed by atoms with E-state index in [2.05, 4.69) is 47.2 Å². The van der Waals surface area contributed by atoms with Gasteiger partial charge >= 0.3 is 0 Å². The van der Waals surface area contributed by atoms with Crippen LogP contribution in [0.25, 0.3) is 10.9 Å². The van der Waals surface area contributed by atoms with E-state index in [9.17, 15) is 24.4 Å². The van der Waals surface area contributed by atoms with E-state index in [1.807, 2.05) is 23.2 Å². The lowest BCUT2D eigenvalue weighted by atomic mass is 9.77. The molecule has 0 radical (unpaired) electrons. The van der Waals surface area contributed by atoms with Crippen molar-refractivity contribution in [2.24, 2.45) is 5.41 Å². The summed E-state index contributed by atoms with van der Waals surface area (Å²) >= 11 is 4.83. The summed E-state index contributed by atoms with van der Waals surface area (Å²) in [5, 5.41) is 15.6. The van der Waals surface area contributed by atoms with Crippen LogP contribution in [-0.2, 0) is 14.4 Å². The Morgan fingerprint density at radius 1 is 1.05 bits per heavy atom. The van der Waals surface area contributed by atoms with Crippen molar-refractivity contribution in [2.45, 2.75) is 82.7 Å². The molecule has 63 heavy (non-hydrogen) atoms. The highest BCUT2D eigenvalue weighted by atomic mass is 79.9. The molecule has 3 amide bonds. The molecule has 4 heterocycles. The molecular formula is C45H50BrF2N9O5S. The Balaban J connectivity index is 0.851. The van der Waals surface area contributed by atoms with Crippen molar-refractivity contribution in [3.63, 3.8) is 0 Å². The number of fused-ring (bicyclic) bond motifs is 1. The van der Waals surface area contributed by atoms with E-state index in [4.69, 9.17) is 4.74 Å². The van der Waals surface area contributed by atoms with Crippen molar-refractivity contribution in [1.82, 2.24) is 29.0 Å². The number of anilines is 2. The van der Waals surface area contributed by atoms with Gasteiger partial charge in [0.1, 0.15) is 29.2 Å². The van der Waals surface area contributed by atoms with Crippen molar-refractivity contribution < 1.29 is 27.9 Å². The summed E-state index contributed by atoms with van der Waals surface area (Å²) in [4.78, 5) is 60.0. The highest BCUT2D eigenvalue weighted by Crippen LogP contribution is 2.50. The lowest BCUT2D eigenvalue weighted by Crippen LogP contribution is -2.47. The number of rotatable bonds is 12. The zero-order chi connectivity index (χ0) is 44.4. The van der Waals surface area contributed by atoms with Gasteiger partial charge in [-0.1, -0.05) is 13.0 Å². The number of imide groups is 1. The fraction of sp³-hybridized carbons (Fsp3) is 0.467. The van der Waals surface area contributed by atoms with Gasteiger partial charge in [0.05, 0.1) is 33.9 Å². The highest BCUT2D eigenvalue weighted by Gasteiger charge is 2.43. The van der Waals surface area contributed by atoms with Crippen molar-refractivity contribution in [3.05, 3.63) is 86.4 Å². The maximum atomic E-state index is 15.3. The van der Waals surface area contributed by atoms with Crippen LogP contribution in [0.1, 0.15) is 87.8 Å². The molecule has 4 aliphatic rings. The number of nitriles is 1. The Bertz CT molecular complexity index is 2520. The molecule has 3 saturated heterocycles. The van der Waals surface area contributed by atoms with Gasteiger partial charge in [0, 0.05) is 49.9 Å². The Kier molecular flexibility index (Phi) is 13.4. The predicted molar refractivity (Wildman–Crippen MR) is 240 cm³/mol. The van der Waals surface area contributed by atoms with Gasteiger partial charge in [-0.25, -0.2) is 18.1 Å².